The van der Waals surface area contributed by atoms with E-state index in [0.29, 0.717) is 6.04 Å². The molecule has 2 aliphatic carbocycles. The third-order valence-corrected chi connectivity index (χ3v) is 3.75. The van der Waals surface area contributed by atoms with Crippen molar-refractivity contribution in [3.05, 3.63) is 23.2 Å². The van der Waals surface area contributed by atoms with Crippen molar-refractivity contribution in [1.82, 2.24) is 0 Å². The van der Waals surface area contributed by atoms with Gasteiger partial charge < -0.3 is 10.6 Å². The van der Waals surface area contributed by atoms with Crippen LogP contribution in [-0.2, 0) is 0 Å². The number of nitrogens with two attached hydrogens (primary N) is 1. The van der Waals surface area contributed by atoms with Gasteiger partial charge in [-0.2, -0.15) is 0 Å². The summed E-state index contributed by atoms with van der Waals surface area (Å²) in [5.74, 6) is 0.872. The summed E-state index contributed by atoms with van der Waals surface area (Å²) in [6.07, 6.45) is 5.32. The number of benzene rings is 1. The number of halogens is 1. The first-order valence-electron chi connectivity index (χ1n) is 6.06. The van der Waals surface area contributed by atoms with Crippen molar-refractivity contribution in [2.24, 2.45) is 5.92 Å². The largest absolute Gasteiger partial charge is 0.397 e. The molecule has 3 heteroatoms. The summed E-state index contributed by atoms with van der Waals surface area (Å²) in [7, 11) is 0. The second-order valence-electron chi connectivity index (χ2n) is 5.00. The Hall–Kier alpha value is -0.890. The van der Waals surface area contributed by atoms with Gasteiger partial charge in [-0.15, -0.1) is 0 Å². The number of hydrogen-bond acceptors (Lipinski definition) is 2. The van der Waals surface area contributed by atoms with E-state index in [-0.39, 0.29) is 0 Å². The molecule has 0 heterocycles. The zero-order chi connectivity index (χ0) is 11.1. The molecule has 0 radical (unpaired) electrons. The minimum absolute atomic E-state index is 0.683. The molecule has 3 rings (SSSR count). The van der Waals surface area contributed by atoms with Crippen LogP contribution in [0.5, 0.6) is 0 Å². The summed E-state index contributed by atoms with van der Waals surface area (Å²) in [4.78, 5) is 2.44. The maximum absolute atomic E-state index is 6.28. The molecule has 0 aliphatic heterocycles. The van der Waals surface area contributed by atoms with Gasteiger partial charge in [0.1, 0.15) is 0 Å². The van der Waals surface area contributed by atoms with Crippen molar-refractivity contribution in [1.29, 1.82) is 0 Å². The Morgan fingerprint density at radius 3 is 2.56 bits per heavy atom. The van der Waals surface area contributed by atoms with Crippen LogP contribution in [0.25, 0.3) is 0 Å². The van der Waals surface area contributed by atoms with Crippen molar-refractivity contribution in [3.8, 4) is 0 Å². The minimum Gasteiger partial charge on any atom is -0.397 e. The third-order valence-electron chi connectivity index (χ3n) is 3.44. The molecule has 2 saturated carbocycles. The molecule has 0 amide bonds. The fourth-order valence-corrected chi connectivity index (χ4v) is 2.51. The highest BCUT2D eigenvalue weighted by Gasteiger charge is 2.35. The van der Waals surface area contributed by atoms with Gasteiger partial charge in [0.15, 0.2) is 0 Å². The van der Waals surface area contributed by atoms with Gasteiger partial charge in [0.2, 0.25) is 0 Å². The van der Waals surface area contributed by atoms with Crippen LogP contribution in [-0.4, -0.2) is 12.6 Å². The molecule has 0 unspecified atom stereocenters. The molecule has 86 valence electrons. The third kappa shape index (κ3) is 1.99. The smallest absolute Gasteiger partial charge is 0.0791 e. The van der Waals surface area contributed by atoms with Crippen LogP contribution in [0.2, 0.25) is 5.02 Å². The number of para-hydroxylation sites is 1. The number of rotatable bonds is 4. The SMILES string of the molecule is Nc1cccc(Cl)c1N(CC1CC1)C1CC1. The Morgan fingerprint density at radius 2 is 2.00 bits per heavy atom. The standard InChI is InChI=1S/C13H17ClN2/c14-11-2-1-3-12(15)13(11)16(10-6-7-10)8-9-4-5-9/h1-3,9-10H,4-8,15H2. The summed E-state index contributed by atoms with van der Waals surface area (Å²) >= 11 is 6.28. The van der Waals surface area contributed by atoms with Crippen LogP contribution in [0.4, 0.5) is 11.4 Å². The molecular formula is C13H17ClN2. The monoisotopic (exact) mass is 236 g/mol. The second kappa shape index (κ2) is 3.85. The Labute approximate surface area is 101 Å². The predicted molar refractivity (Wildman–Crippen MR) is 69.0 cm³/mol. The van der Waals surface area contributed by atoms with Crippen LogP contribution in [0.15, 0.2) is 18.2 Å². The fourth-order valence-electron chi connectivity index (χ4n) is 2.22. The van der Waals surface area contributed by atoms with Gasteiger partial charge in [0.25, 0.3) is 0 Å². The molecule has 2 fully saturated rings. The van der Waals surface area contributed by atoms with Gasteiger partial charge in [0.05, 0.1) is 16.4 Å². The lowest BCUT2D eigenvalue weighted by Crippen LogP contribution is -2.29. The van der Waals surface area contributed by atoms with Crippen molar-refractivity contribution in [3.63, 3.8) is 0 Å². The number of nitrogen functional groups attached to an aromatic ring is 1. The zero-order valence-electron chi connectivity index (χ0n) is 9.32. The first-order chi connectivity index (χ1) is 7.75. The summed E-state index contributed by atoms with van der Waals surface area (Å²) in [5, 5.41) is 0.799. The molecule has 1 aromatic carbocycles. The van der Waals surface area contributed by atoms with Crippen molar-refractivity contribution >= 4 is 23.0 Å². The molecular weight excluding hydrogens is 220 g/mol. The lowest BCUT2D eigenvalue weighted by atomic mass is 10.2. The Morgan fingerprint density at radius 1 is 1.25 bits per heavy atom. The molecule has 16 heavy (non-hydrogen) atoms. The van der Waals surface area contributed by atoms with E-state index in [1.807, 2.05) is 18.2 Å². The van der Waals surface area contributed by atoms with Crippen LogP contribution >= 0.6 is 11.6 Å². The summed E-state index contributed by atoms with van der Waals surface area (Å²) < 4.78 is 0. The highest BCUT2D eigenvalue weighted by atomic mass is 35.5. The van der Waals surface area contributed by atoms with E-state index in [2.05, 4.69) is 4.90 Å². The molecule has 0 aromatic heterocycles. The fraction of sp³-hybridized carbons (Fsp3) is 0.538. The van der Waals surface area contributed by atoms with Crippen molar-refractivity contribution in [2.75, 3.05) is 17.2 Å². The van der Waals surface area contributed by atoms with E-state index in [9.17, 15) is 0 Å². The predicted octanol–water partition coefficient (Wildman–Crippen LogP) is 3.30. The summed E-state index contributed by atoms with van der Waals surface area (Å²) in [6, 6.07) is 6.49. The average molecular weight is 237 g/mol. The maximum Gasteiger partial charge on any atom is 0.0791 e. The normalized spacial score (nSPS) is 19.8. The van der Waals surface area contributed by atoms with Gasteiger partial charge in [-0.25, -0.2) is 0 Å². The number of hydrogen-bond donors (Lipinski definition) is 1. The zero-order valence-corrected chi connectivity index (χ0v) is 10.1. The van der Waals surface area contributed by atoms with E-state index >= 15 is 0 Å². The Balaban J connectivity index is 1.90. The number of anilines is 2. The van der Waals surface area contributed by atoms with Crippen molar-refractivity contribution < 1.29 is 0 Å². The van der Waals surface area contributed by atoms with Crippen LogP contribution < -0.4 is 10.6 Å². The quantitative estimate of drug-likeness (QED) is 0.813. The highest BCUT2D eigenvalue weighted by Crippen LogP contribution is 2.42. The van der Waals surface area contributed by atoms with E-state index in [0.717, 1.165) is 28.9 Å². The summed E-state index contributed by atoms with van der Waals surface area (Å²) in [6.45, 7) is 1.14. The van der Waals surface area contributed by atoms with E-state index < -0.39 is 0 Å². The molecule has 0 spiro atoms. The first-order valence-corrected chi connectivity index (χ1v) is 6.44. The van der Waals surface area contributed by atoms with Gasteiger partial charge in [0, 0.05) is 12.6 Å². The summed E-state index contributed by atoms with van der Waals surface area (Å²) in [5.41, 5.74) is 7.95. The van der Waals surface area contributed by atoms with Crippen molar-refractivity contribution in [2.45, 2.75) is 31.7 Å². The molecule has 2 nitrogen and oxygen atoms in total. The van der Waals surface area contributed by atoms with Gasteiger partial charge >= 0.3 is 0 Å². The molecule has 0 saturated heterocycles. The lowest BCUT2D eigenvalue weighted by Gasteiger charge is -2.27. The number of nitrogens with zero attached hydrogens (tertiary/aromatic N) is 1. The van der Waals surface area contributed by atoms with Gasteiger partial charge in [-0.1, -0.05) is 17.7 Å². The van der Waals surface area contributed by atoms with E-state index in [4.69, 9.17) is 17.3 Å². The lowest BCUT2D eigenvalue weighted by molar-refractivity contribution is 0.720. The van der Waals surface area contributed by atoms with E-state index in [1.165, 1.54) is 25.7 Å². The maximum atomic E-state index is 6.28. The van der Waals surface area contributed by atoms with Crippen LogP contribution in [0, 0.1) is 5.92 Å². The molecule has 1 aromatic rings. The first kappa shape index (κ1) is 10.3. The molecule has 2 aliphatic rings. The van der Waals surface area contributed by atoms with Gasteiger partial charge in [-0.05, 0) is 43.7 Å². The molecule has 2 N–H and O–H groups in total. The minimum atomic E-state index is 0.683. The second-order valence-corrected chi connectivity index (χ2v) is 5.41. The average Bonchev–Trinajstić information content (AvgIpc) is 3.11. The van der Waals surface area contributed by atoms with Gasteiger partial charge in [-0.3, -0.25) is 0 Å². The highest BCUT2D eigenvalue weighted by molar-refractivity contribution is 6.34. The molecule has 0 atom stereocenters. The Bertz CT molecular complexity index is 377. The van der Waals surface area contributed by atoms with Crippen LogP contribution in [0.1, 0.15) is 25.7 Å². The van der Waals surface area contributed by atoms with Crippen LogP contribution in [0.3, 0.4) is 0 Å². The topological polar surface area (TPSA) is 29.3 Å². The Kier molecular flexibility index (Phi) is 2.47. The molecule has 0 bridgehead atoms. The van der Waals surface area contributed by atoms with E-state index in [1.54, 1.807) is 0 Å².